The van der Waals surface area contributed by atoms with Gasteiger partial charge in [0, 0.05) is 38.1 Å². The van der Waals surface area contributed by atoms with E-state index in [-0.39, 0.29) is 0 Å². The molecule has 4 aromatic rings. The van der Waals surface area contributed by atoms with Crippen LogP contribution in [0.1, 0.15) is 31.2 Å². The summed E-state index contributed by atoms with van der Waals surface area (Å²) in [4.78, 5) is 11.6. The van der Waals surface area contributed by atoms with Crippen LogP contribution in [0.4, 0.5) is 11.8 Å². The largest absolute Gasteiger partial charge is 0.457 e. The molecule has 5 rings (SSSR count). The second-order valence-corrected chi connectivity index (χ2v) is 9.42. The van der Waals surface area contributed by atoms with Crippen molar-refractivity contribution < 1.29 is 4.74 Å². The zero-order valence-corrected chi connectivity index (χ0v) is 20.4. The Balaban J connectivity index is 1.11. The third-order valence-electron chi connectivity index (χ3n) is 6.56. The minimum absolute atomic E-state index is 0.402. The van der Waals surface area contributed by atoms with Crippen LogP contribution in [0.3, 0.4) is 0 Å². The van der Waals surface area contributed by atoms with E-state index in [1.807, 2.05) is 68.7 Å². The van der Waals surface area contributed by atoms with Crippen LogP contribution < -0.4 is 20.3 Å². The molecule has 0 aliphatic heterocycles. The zero-order chi connectivity index (χ0) is 24.0. The minimum Gasteiger partial charge on any atom is -0.457 e. The second-order valence-electron chi connectivity index (χ2n) is 9.42. The topological polar surface area (TPSA) is 62.3 Å². The number of benzene rings is 3. The summed E-state index contributed by atoms with van der Waals surface area (Å²) >= 11 is 0. The molecule has 3 aromatic carbocycles. The number of anilines is 2. The Labute approximate surface area is 207 Å². The van der Waals surface area contributed by atoms with Gasteiger partial charge in [-0.15, -0.1) is 0 Å². The van der Waals surface area contributed by atoms with E-state index in [9.17, 15) is 0 Å². The summed E-state index contributed by atoms with van der Waals surface area (Å²) in [6, 6.07) is 27.4. The molecule has 6 heteroatoms. The normalized spacial score (nSPS) is 17.8. The van der Waals surface area contributed by atoms with Crippen molar-refractivity contribution in [3.05, 3.63) is 84.4 Å². The molecule has 0 saturated heterocycles. The van der Waals surface area contributed by atoms with Crippen molar-refractivity contribution in [2.45, 2.75) is 44.3 Å². The van der Waals surface area contributed by atoms with E-state index in [0.717, 1.165) is 66.4 Å². The molecular weight excluding hydrogens is 434 g/mol. The van der Waals surface area contributed by atoms with Crippen LogP contribution in [-0.4, -0.2) is 36.1 Å². The molecule has 0 bridgehead atoms. The molecule has 1 fully saturated rings. The first-order valence-electron chi connectivity index (χ1n) is 12.4. The maximum Gasteiger partial charge on any atom is 0.225 e. The summed E-state index contributed by atoms with van der Waals surface area (Å²) in [5.74, 6) is 3.39. The summed E-state index contributed by atoms with van der Waals surface area (Å²) in [5, 5.41) is 8.41. The number of aromatic nitrogens is 2. The Morgan fingerprint density at radius 3 is 2.17 bits per heavy atom. The number of rotatable bonds is 8. The van der Waals surface area contributed by atoms with Crippen molar-refractivity contribution in [1.82, 2.24) is 15.3 Å². The van der Waals surface area contributed by atoms with Crippen LogP contribution in [0.25, 0.3) is 10.9 Å². The molecule has 0 amide bonds. The van der Waals surface area contributed by atoms with Crippen molar-refractivity contribution in [2.75, 3.05) is 24.3 Å². The van der Waals surface area contributed by atoms with E-state index in [0.29, 0.717) is 12.1 Å². The molecule has 0 atom stereocenters. The van der Waals surface area contributed by atoms with Crippen molar-refractivity contribution in [3.8, 4) is 11.5 Å². The third-order valence-corrected chi connectivity index (χ3v) is 6.56. The van der Waals surface area contributed by atoms with Crippen LogP contribution >= 0.6 is 0 Å². The van der Waals surface area contributed by atoms with E-state index in [2.05, 4.69) is 39.8 Å². The number of para-hydroxylation sites is 2. The van der Waals surface area contributed by atoms with E-state index >= 15 is 0 Å². The highest BCUT2D eigenvalue weighted by molar-refractivity contribution is 5.90. The molecule has 35 heavy (non-hydrogen) atoms. The number of hydrogen-bond acceptors (Lipinski definition) is 6. The highest BCUT2D eigenvalue weighted by Gasteiger charge is 2.22. The standard InChI is InChI=1S/C29H33N5O/c1-34(2)28-26-10-6-7-11-27(26)32-29(33-28)31-23-16-14-22(15-17-23)30-20-21-12-18-25(19-13-21)35-24-8-4-3-5-9-24/h3-13,18-19,22-23,30H,14-17,20H2,1-2H3,(H,31,32,33). The maximum atomic E-state index is 5.89. The van der Waals surface area contributed by atoms with Gasteiger partial charge in [-0.1, -0.05) is 42.5 Å². The number of nitrogens with zero attached hydrogens (tertiary/aromatic N) is 3. The van der Waals surface area contributed by atoms with Gasteiger partial charge in [-0.2, -0.15) is 4.98 Å². The minimum atomic E-state index is 0.402. The molecule has 0 radical (unpaired) electrons. The molecule has 0 spiro atoms. The van der Waals surface area contributed by atoms with Crippen LogP contribution in [0.2, 0.25) is 0 Å². The monoisotopic (exact) mass is 467 g/mol. The summed E-state index contributed by atoms with van der Waals surface area (Å²) in [7, 11) is 4.05. The average molecular weight is 468 g/mol. The predicted octanol–water partition coefficient (Wildman–Crippen LogP) is 6.00. The quantitative estimate of drug-likeness (QED) is 0.331. The van der Waals surface area contributed by atoms with Crippen LogP contribution in [0.5, 0.6) is 11.5 Å². The molecule has 0 unspecified atom stereocenters. The molecule has 1 saturated carbocycles. The molecule has 1 heterocycles. The molecule has 6 nitrogen and oxygen atoms in total. The first kappa shape index (κ1) is 23.1. The van der Waals surface area contributed by atoms with Gasteiger partial charge in [0.2, 0.25) is 5.95 Å². The Kier molecular flexibility index (Phi) is 7.09. The summed E-state index contributed by atoms with van der Waals surface area (Å²) in [6.45, 7) is 0.869. The summed E-state index contributed by atoms with van der Waals surface area (Å²) in [5.41, 5.74) is 2.25. The molecule has 1 aromatic heterocycles. The molecular formula is C29H33N5O. The number of nitrogens with one attached hydrogen (secondary N) is 2. The zero-order valence-electron chi connectivity index (χ0n) is 20.4. The maximum absolute atomic E-state index is 5.89. The fraction of sp³-hybridized carbons (Fsp3) is 0.310. The lowest BCUT2D eigenvalue weighted by atomic mass is 9.91. The van der Waals surface area contributed by atoms with Gasteiger partial charge in [-0.25, -0.2) is 4.98 Å². The van der Waals surface area contributed by atoms with Gasteiger partial charge in [0.05, 0.1) is 5.52 Å². The van der Waals surface area contributed by atoms with Crippen LogP contribution in [0, 0.1) is 0 Å². The predicted molar refractivity (Wildman–Crippen MR) is 143 cm³/mol. The average Bonchev–Trinajstić information content (AvgIpc) is 2.89. The van der Waals surface area contributed by atoms with Crippen molar-refractivity contribution >= 4 is 22.7 Å². The van der Waals surface area contributed by atoms with Crippen molar-refractivity contribution in [2.24, 2.45) is 0 Å². The number of fused-ring (bicyclic) bond motifs is 1. The number of ether oxygens (including phenoxy) is 1. The van der Waals surface area contributed by atoms with Gasteiger partial charge in [0.25, 0.3) is 0 Å². The van der Waals surface area contributed by atoms with Gasteiger partial charge >= 0.3 is 0 Å². The number of hydrogen-bond donors (Lipinski definition) is 2. The lowest BCUT2D eigenvalue weighted by Gasteiger charge is -2.30. The molecule has 180 valence electrons. The third kappa shape index (κ3) is 5.89. The molecule has 2 N–H and O–H groups in total. The van der Waals surface area contributed by atoms with E-state index in [4.69, 9.17) is 14.7 Å². The fourth-order valence-corrected chi connectivity index (χ4v) is 4.65. The van der Waals surface area contributed by atoms with Crippen LogP contribution in [-0.2, 0) is 6.54 Å². The Morgan fingerprint density at radius 2 is 1.43 bits per heavy atom. The fourth-order valence-electron chi connectivity index (χ4n) is 4.65. The van der Waals surface area contributed by atoms with E-state index in [1.165, 1.54) is 5.56 Å². The lowest BCUT2D eigenvalue weighted by Crippen LogP contribution is -2.37. The molecule has 1 aliphatic carbocycles. The first-order valence-corrected chi connectivity index (χ1v) is 12.4. The van der Waals surface area contributed by atoms with Gasteiger partial charge in [-0.3, -0.25) is 0 Å². The van der Waals surface area contributed by atoms with Gasteiger partial charge in [0.15, 0.2) is 0 Å². The SMILES string of the molecule is CN(C)c1nc(NC2CCC(NCc3ccc(Oc4ccccc4)cc3)CC2)nc2ccccc12. The van der Waals surface area contributed by atoms with Gasteiger partial charge < -0.3 is 20.3 Å². The van der Waals surface area contributed by atoms with Crippen molar-refractivity contribution in [1.29, 1.82) is 0 Å². The van der Waals surface area contributed by atoms with E-state index in [1.54, 1.807) is 0 Å². The van der Waals surface area contributed by atoms with E-state index < -0.39 is 0 Å². The smallest absolute Gasteiger partial charge is 0.225 e. The Bertz CT molecular complexity index is 1240. The highest BCUT2D eigenvalue weighted by atomic mass is 16.5. The molecule has 1 aliphatic rings. The van der Waals surface area contributed by atoms with Crippen molar-refractivity contribution in [3.63, 3.8) is 0 Å². The lowest BCUT2D eigenvalue weighted by molar-refractivity contribution is 0.352. The summed E-state index contributed by atoms with van der Waals surface area (Å²) in [6.07, 6.45) is 4.49. The Morgan fingerprint density at radius 1 is 0.771 bits per heavy atom. The van der Waals surface area contributed by atoms with Crippen LogP contribution in [0.15, 0.2) is 78.9 Å². The highest BCUT2D eigenvalue weighted by Crippen LogP contribution is 2.27. The second kappa shape index (κ2) is 10.7. The van der Waals surface area contributed by atoms with Gasteiger partial charge in [-0.05, 0) is 67.6 Å². The van der Waals surface area contributed by atoms with Gasteiger partial charge in [0.1, 0.15) is 17.3 Å². The first-order chi connectivity index (χ1) is 17.1. The summed E-state index contributed by atoms with van der Waals surface area (Å²) < 4.78 is 5.89. The Hall–Kier alpha value is -3.64.